The van der Waals surface area contributed by atoms with Gasteiger partial charge in [0.25, 0.3) is 5.56 Å². The summed E-state index contributed by atoms with van der Waals surface area (Å²) in [5, 5.41) is 1.39. The Hall–Kier alpha value is -2.11. The Bertz CT molecular complexity index is 1020. The third-order valence-corrected chi connectivity index (χ3v) is 6.30. The lowest BCUT2D eigenvalue weighted by Crippen LogP contribution is -2.25. The average molecular weight is 381 g/mol. The van der Waals surface area contributed by atoms with Crippen LogP contribution in [0.15, 0.2) is 52.4 Å². The molecule has 3 aromatic rings. The molecule has 0 unspecified atom stereocenters. The van der Waals surface area contributed by atoms with Crippen molar-refractivity contribution in [3.8, 4) is 5.69 Å². The number of aryl methyl sites for hydroxylation is 1. The predicted octanol–water partition coefficient (Wildman–Crippen LogP) is 4.66. The first kappa shape index (κ1) is 18.3. The summed E-state index contributed by atoms with van der Waals surface area (Å²) in [6.45, 7) is 4.96. The average Bonchev–Trinajstić information content (AvgIpc) is 2.70. The van der Waals surface area contributed by atoms with Crippen LogP contribution < -0.4 is 5.56 Å². The number of aromatic nitrogens is 2. The summed E-state index contributed by atoms with van der Waals surface area (Å²) in [4.78, 5) is 18.2. The van der Waals surface area contributed by atoms with Crippen molar-refractivity contribution in [1.82, 2.24) is 9.55 Å². The number of benzene rings is 2. The summed E-state index contributed by atoms with van der Waals surface area (Å²) >= 11 is 1.62. The second-order valence-electron chi connectivity index (χ2n) is 7.07. The molecule has 0 spiro atoms. The Kier molecular flexibility index (Phi) is 5.32. The molecule has 1 fully saturated rings. The van der Waals surface area contributed by atoms with Gasteiger partial charge in [-0.1, -0.05) is 36.0 Å². The minimum absolute atomic E-state index is 0.0126. The third kappa shape index (κ3) is 3.66. The van der Waals surface area contributed by atoms with Gasteiger partial charge in [-0.25, -0.2) is 4.98 Å². The zero-order valence-corrected chi connectivity index (χ0v) is 16.6. The Balaban J connectivity index is 1.82. The van der Waals surface area contributed by atoms with Gasteiger partial charge in [-0.2, -0.15) is 0 Å². The molecular formula is C22H24N2O2S. The van der Waals surface area contributed by atoms with Crippen LogP contribution in [-0.4, -0.2) is 28.0 Å². The van der Waals surface area contributed by atoms with E-state index >= 15 is 0 Å². The molecule has 0 radical (unpaired) electrons. The smallest absolute Gasteiger partial charge is 0.266 e. The van der Waals surface area contributed by atoms with Crippen molar-refractivity contribution in [2.45, 2.75) is 44.4 Å². The van der Waals surface area contributed by atoms with Gasteiger partial charge in [-0.05, 0) is 62.4 Å². The number of thioether (sulfide) groups is 1. The molecule has 1 aliphatic rings. The molecule has 1 atom stereocenters. The molecule has 1 aliphatic heterocycles. The van der Waals surface area contributed by atoms with Crippen molar-refractivity contribution >= 4 is 22.7 Å². The highest BCUT2D eigenvalue weighted by molar-refractivity contribution is 7.99. The van der Waals surface area contributed by atoms with Gasteiger partial charge < -0.3 is 4.74 Å². The highest BCUT2D eigenvalue weighted by Gasteiger charge is 2.19. The van der Waals surface area contributed by atoms with Crippen LogP contribution in [0.1, 0.15) is 30.4 Å². The molecule has 0 aliphatic carbocycles. The maximum atomic E-state index is 13.3. The second-order valence-corrected chi connectivity index (χ2v) is 8.06. The number of rotatable bonds is 4. The van der Waals surface area contributed by atoms with E-state index in [9.17, 15) is 4.79 Å². The van der Waals surface area contributed by atoms with E-state index in [2.05, 4.69) is 19.9 Å². The van der Waals surface area contributed by atoms with Gasteiger partial charge in [0, 0.05) is 12.4 Å². The van der Waals surface area contributed by atoms with Crippen LogP contribution in [0, 0.1) is 13.8 Å². The standard InChI is InChI=1S/C22H24N2O2S/c1-15-8-7-12-20(16(15)2)24-21(25)18-10-3-4-11-19(18)23-22(24)27-14-17-9-5-6-13-26-17/h3-4,7-8,10-12,17H,5-6,9,13-14H2,1-2H3/t17-/m1/s1. The van der Waals surface area contributed by atoms with E-state index in [0.29, 0.717) is 5.39 Å². The fraction of sp³-hybridized carbons (Fsp3) is 0.364. The van der Waals surface area contributed by atoms with Crippen LogP contribution >= 0.6 is 11.8 Å². The van der Waals surface area contributed by atoms with Gasteiger partial charge in [-0.3, -0.25) is 9.36 Å². The van der Waals surface area contributed by atoms with Crippen molar-refractivity contribution in [2.24, 2.45) is 0 Å². The molecule has 0 bridgehead atoms. The van der Waals surface area contributed by atoms with E-state index in [1.165, 1.54) is 12.0 Å². The fourth-order valence-corrected chi connectivity index (χ4v) is 4.58. The van der Waals surface area contributed by atoms with Crippen molar-refractivity contribution in [1.29, 1.82) is 0 Å². The molecule has 1 saturated heterocycles. The topological polar surface area (TPSA) is 44.1 Å². The number of ether oxygens (including phenoxy) is 1. The summed E-state index contributed by atoms with van der Waals surface area (Å²) < 4.78 is 7.65. The summed E-state index contributed by atoms with van der Waals surface area (Å²) in [6.07, 6.45) is 3.66. The number of fused-ring (bicyclic) bond motifs is 1. The summed E-state index contributed by atoms with van der Waals surface area (Å²) in [5.41, 5.74) is 3.91. The highest BCUT2D eigenvalue weighted by atomic mass is 32.2. The first-order valence-electron chi connectivity index (χ1n) is 9.48. The Morgan fingerprint density at radius 2 is 2.00 bits per heavy atom. The van der Waals surface area contributed by atoms with Gasteiger partial charge in [0.1, 0.15) is 0 Å². The molecule has 2 aromatic carbocycles. The van der Waals surface area contributed by atoms with Crippen molar-refractivity contribution < 1.29 is 4.74 Å². The lowest BCUT2D eigenvalue weighted by atomic mass is 10.1. The predicted molar refractivity (Wildman–Crippen MR) is 111 cm³/mol. The highest BCUT2D eigenvalue weighted by Crippen LogP contribution is 2.27. The van der Waals surface area contributed by atoms with Crippen molar-refractivity contribution in [3.63, 3.8) is 0 Å². The van der Waals surface area contributed by atoms with Crippen LogP contribution in [0.25, 0.3) is 16.6 Å². The van der Waals surface area contributed by atoms with Crippen LogP contribution in [0.2, 0.25) is 0 Å². The zero-order valence-electron chi connectivity index (χ0n) is 15.8. The van der Waals surface area contributed by atoms with Crippen molar-refractivity contribution in [2.75, 3.05) is 12.4 Å². The van der Waals surface area contributed by atoms with Gasteiger partial charge in [0.05, 0.1) is 22.7 Å². The van der Waals surface area contributed by atoms with E-state index in [1.54, 1.807) is 16.3 Å². The third-order valence-electron chi connectivity index (χ3n) is 5.23. The van der Waals surface area contributed by atoms with Crippen molar-refractivity contribution in [3.05, 3.63) is 63.9 Å². The molecule has 5 heteroatoms. The maximum absolute atomic E-state index is 13.3. The van der Waals surface area contributed by atoms with Gasteiger partial charge in [0.2, 0.25) is 0 Å². The monoisotopic (exact) mass is 380 g/mol. The summed E-state index contributed by atoms with van der Waals surface area (Å²) in [6, 6.07) is 13.6. The SMILES string of the molecule is Cc1cccc(-n2c(SC[C@H]3CCCCO3)nc3ccccc3c2=O)c1C. The van der Waals surface area contributed by atoms with E-state index in [4.69, 9.17) is 9.72 Å². The molecular weight excluding hydrogens is 356 g/mol. The first-order chi connectivity index (χ1) is 13.1. The van der Waals surface area contributed by atoms with Crippen LogP contribution in [0.4, 0.5) is 0 Å². The Morgan fingerprint density at radius 3 is 2.81 bits per heavy atom. The molecule has 140 valence electrons. The summed E-state index contributed by atoms with van der Waals surface area (Å²) in [5.74, 6) is 0.815. The molecule has 0 saturated carbocycles. The summed E-state index contributed by atoms with van der Waals surface area (Å²) in [7, 11) is 0. The minimum atomic E-state index is -0.0126. The Morgan fingerprint density at radius 1 is 1.15 bits per heavy atom. The number of nitrogens with zero attached hydrogens (tertiary/aromatic N) is 2. The first-order valence-corrected chi connectivity index (χ1v) is 10.5. The minimum Gasteiger partial charge on any atom is -0.377 e. The van der Waals surface area contributed by atoms with E-state index < -0.39 is 0 Å². The second kappa shape index (κ2) is 7.87. The largest absolute Gasteiger partial charge is 0.377 e. The van der Waals surface area contributed by atoms with E-state index in [1.807, 2.05) is 36.4 Å². The molecule has 27 heavy (non-hydrogen) atoms. The molecule has 4 rings (SSSR count). The lowest BCUT2D eigenvalue weighted by Gasteiger charge is -2.23. The fourth-order valence-electron chi connectivity index (χ4n) is 3.51. The van der Waals surface area contributed by atoms with Crippen LogP contribution in [0.5, 0.6) is 0 Å². The molecule has 2 heterocycles. The number of hydrogen-bond donors (Lipinski definition) is 0. The zero-order chi connectivity index (χ0) is 18.8. The van der Waals surface area contributed by atoms with Gasteiger partial charge >= 0.3 is 0 Å². The number of para-hydroxylation sites is 1. The van der Waals surface area contributed by atoms with E-state index in [-0.39, 0.29) is 11.7 Å². The molecule has 0 N–H and O–H groups in total. The lowest BCUT2D eigenvalue weighted by molar-refractivity contribution is 0.0315. The maximum Gasteiger partial charge on any atom is 0.266 e. The Labute approximate surface area is 163 Å². The molecule has 4 nitrogen and oxygen atoms in total. The quantitative estimate of drug-likeness (QED) is 0.488. The normalized spacial score (nSPS) is 17.3. The molecule has 1 aromatic heterocycles. The van der Waals surface area contributed by atoms with Gasteiger partial charge in [0.15, 0.2) is 5.16 Å². The van der Waals surface area contributed by atoms with Crippen LogP contribution in [0.3, 0.4) is 0 Å². The number of hydrogen-bond acceptors (Lipinski definition) is 4. The van der Waals surface area contributed by atoms with Gasteiger partial charge in [-0.15, -0.1) is 0 Å². The molecule has 0 amide bonds. The van der Waals surface area contributed by atoms with E-state index in [0.717, 1.165) is 47.1 Å². The van der Waals surface area contributed by atoms with Crippen LogP contribution in [-0.2, 0) is 4.74 Å².